The van der Waals surface area contributed by atoms with E-state index in [4.69, 9.17) is 4.74 Å². The Morgan fingerprint density at radius 2 is 2.00 bits per heavy atom. The molecule has 4 nitrogen and oxygen atoms in total. The number of aryl methyl sites for hydroxylation is 1. The Labute approximate surface area is 135 Å². The lowest BCUT2D eigenvalue weighted by Crippen LogP contribution is -2.32. The molecule has 2 aromatic carbocycles. The Morgan fingerprint density at radius 1 is 1.26 bits per heavy atom. The number of ether oxygens (including phenoxy) is 1. The van der Waals surface area contributed by atoms with Gasteiger partial charge in [0.15, 0.2) is 0 Å². The molecule has 0 atom stereocenters. The fourth-order valence-corrected chi connectivity index (χ4v) is 2.25. The highest BCUT2D eigenvalue weighted by atomic mass is 19.1. The monoisotopic (exact) mass is 316 g/mol. The third kappa shape index (κ3) is 4.45. The highest BCUT2D eigenvalue weighted by Crippen LogP contribution is 2.19. The predicted octanol–water partition coefficient (Wildman–Crippen LogP) is 3.21. The van der Waals surface area contributed by atoms with Crippen molar-refractivity contribution < 1.29 is 13.9 Å². The number of hydrogen-bond acceptors (Lipinski definition) is 3. The summed E-state index contributed by atoms with van der Waals surface area (Å²) in [6.07, 6.45) is 0. The number of halogens is 1. The standard InChI is InChI=1S/C18H21FN2O2/c1-13-8-9-16(15(19)10-13)20-11-18(22)21(2)12-14-6-4-5-7-17(14)23-3/h4-10,20H,11-12H2,1-3H3. The van der Waals surface area contributed by atoms with Gasteiger partial charge in [-0.2, -0.15) is 0 Å². The van der Waals surface area contributed by atoms with E-state index in [-0.39, 0.29) is 18.3 Å². The van der Waals surface area contributed by atoms with Crippen molar-refractivity contribution in [3.05, 3.63) is 59.4 Å². The van der Waals surface area contributed by atoms with Gasteiger partial charge >= 0.3 is 0 Å². The summed E-state index contributed by atoms with van der Waals surface area (Å²) >= 11 is 0. The number of nitrogens with one attached hydrogen (secondary N) is 1. The molecular weight excluding hydrogens is 295 g/mol. The van der Waals surface area contributed by atoms with Crippen LogP contribution in [0.15, 0.2) is 42.5 Å². The molecule has 1 amide bonds. The summed E-state index contributed by atoms with van der Waals surface area (Å²) in [6.45, 7) is 2.28. The molecule has 0 fully saturated rings. The molecule has 0 saturated carbocycles. The lowest BCUT2D eigenvalue weighted by molar-refractivity contribution is -0.128. The van der Waals surface area contributed by atoms with Gasteiger partial charge in [0.1, 0.15) is 11.6 Å². The number of rotatable bonds is 6. The molecule has 0 aliphatic heterocycles. The molecule has 0 unspecified atom stereocenters. The summed E-state index contributed by atoms with van der Waals surface area (Å²) < 4.78 is 19.0. The highest BCUT2D eigenvalue weighted by Gasteiger charge is 2.12. The van der Waals surface area contributed by atoms with Gasteiger partial charge < -0.3 is 15.0 Å². The average molecular weight is 316 g/mol. The van der Waals surface area contributed by atoms with Gasteiger partial charge in [-0.1, -0.05) is 24.3 Å². The summed E-state index contributed by atoms with van der Waals surface area (Å²) in [5.74, 6) is 0.255. The van der Waals surface area contributed by atoms with Crippen LogP contribution in [0.25, 0.3) is 0 Å². The molecule has 0 saturated heterocycles. The first-order valence-electron chi connectivity index (χ1n) is 7.37. The summed E-state index contributed by atoms with van der Waals surface area (Å²) in [5, 5.41) is 2.84. The first-order valence-corrected chi connectivity index (χ1v) is 7.37. The lowest BCUT2D eigenvalue weighted by Gasteiger charge is -2.19. The molecule has 0 bridgehead atoms. The first-order chi connectivity index (χ1) is 11.0. The van der Waals surface area contributed by atoms with Gasteiger partial charge in [-0.15, -0.1) is 0 Å². The van der Waals surface area contributed by atoms with Gasteiger partial charge in [0.05, 0.1) is 19.3 Å². The van der Waals surface area contributed by atoms with Gasteiger partial charge in [0, 0.05) is 19.2 Å². The molecule has 1 N–H and O–H groups in total. The lowest BCUT2D eigenvalue weighted by atomic mass is 10.2. The Morgan fingerprint density at radius 3 is 2.70 bits per heavy atom. The largest absolute Gasteiger partial charge is 0.496 e. The highest BCUT2D eigenvalue weighted by molar-refractivity contribution is 5.80. The van der Waals surface area contributed by atoms with Crippen LogP contribution in [0.3, 0.4) is 0 Å². The Hall–Kier alpha value is -2.56. The number of benzene rings is 2. The van der Waals surface area contributed by atoms with Crippen molar-refractivity contribution in [2.24, 2.45) is 0 Å². The van der Waals surface area contributed by atoms with E-state index in [1.165, 1.54) is 6.07 Å². The summed E-state index contributed by atoms with van der Waals surface area (Å²) in [6, 6.07) is 12.4. The molecule has 0 aromatic heterocycles. The first kappa shape index (κ1) is 16.8. The zero-order chi connectivity index (χ0) is 16.8. The van der Waals surface area contributed by atoms with Gasteiger partial charge in [-0.05, 0) is 30.7 Å². The molecule has 2 aromatic rings. The van der Waals surface area contributed by atoms with Gasteiger partial charge in [-0.25, -0.2) is 4.39 Å². The van der Waals surface area contributed by atoms with Crippen molar-refractivity contribution >= 4 is 11.6 Å². The van der Waals surface area contributed by atoms with E-state index in [1.54, 1.807) is 31.2 Å². The Kier molecular flexibility index (Phi) is 5.57. The van der Waals surface area contributed by atoms with Crippen molar-refractivity contribution in [1.29, 1.82) is 0 Å². The predicted molar refractivity (Wildman–Crippen MR) is 89.1 cm³/mol. The molecule has 0 heterocycles. The Balaban J connectivity index is 1.95. The smallest absolute Gasteiger partial charge is 0.241 e. The second-order valence-electron chi connectivity index (χ2n) is 5.40. The van der Waals surface area contributed by atoms with Crippen molar-refractivity contribution in [2.75, 3.05) is 26.0 Å². The minimum absolute atomic E-state index is 0.0334. The number of amides is 1. The van der Waals surface area contributed by atoms with Crippen molar-refractivity contribution in [1.82, 2.24) is 4.90 Å². The normalized spacial score (nSPS) is 10.3. The third-order valence-electron chi connectivity index (χ3n) is 3.58. The van der Waals surface area contributed by atoms with Gasteiger partial charge in [0.25, 0.3) is 0 Å². The average Bonchev–Trinajstić information content (AvgIpc) is 2.54. The van der Waals surface area contributed by atoms with Gasteiger partial charge in [0.2, 0.25) is 5.91 Å². The number of anilines is 1. The maximum atomic E-state index is 13.7. The molecular formula is C18H21FN2O2. The second kappa shape index (κ2) is 7.63. The van der Waals surface area contributed by atoms with Crippen LogP contribution in [0, 0.1) is 12.7 Å². The molecule has 122 valence electrons. The van der Waals surface area contributed by atoms with E-state index in [1.807, 2.05) is 31.2 Å². The molecule has 0 aliphatic carbocycles. The van der Waals surface area contributed by atoms with Crippen LogP contribution < -0.4 is 10.1 Å². The van der Waals surface area contributed by atoms with E-state index in [2.05, 4.69) is 5.32 Å². The summed E-state index contributed by atoms with van der Waals surface area (Å²) in [7, 11) is 3.31. The number of likely N-dealkylation sites (N-methyl/N-ethyl adjacent to an activating group) is 1. The van der Waals surface area contributed by atoms with E-state index < -0.39 is 0 Å². The quantitative estimate of drug-likeness (QED) is 0.890. The van der Waals surface area contributed by atoms with Crippen LogP contribution in [0.1, 0.15) is 11.1 Å². The van der Waals surface area contributed by atoms with Crippen molar-refractivity contribution in [3.63, 3.8) is 0 Å². The van der Waals surface area contributed by atoms with Crippen LogP contribution >= 0.6 is 0 Å². The Bertz CT molecular complexity index is 688. The molecule has 0 aliphatic rings. The zero-order valence-electron chi connectivity index (χ0n) is 13.6. The number of hydrogen-bond donors (Lipinski definition) is 1. The maximum absolute atomic E-state index is 13.7. The van der Waals surface area contributed by atoms with Crippen LogP contribution in [0.2, 0.25) is 0 Å². The minimum atomic E-state index is -0.356. The summed E-state index contributed by atoms with van der Waals surface area (Å²) in [5.41, 5.74) is 2.09. The number of para-hydroxylation sites is 1. The van der Waals surface area contributed by atoms with E-state index in [0.29, 0.717) is 12.2 Å². The number of carbonyl (C=O) groups is 1. The van der Waals surface area contributed by atoms with Crippen LogP contribution in [-0.2, 0) is 11.3 Å². The van der Waals surface area contributed by atoms with Crippen molar-refractivity contribution in [2.45, 2.75) is 13.5 Å². The van der Waals surface area contributed by atoms with Gasteiger partial charge in [-0.3, -0.25) is 4.79 Å². The zero-order valence-corrected chi connectivity index (χ0v) is 13.6. The van der Waals surface area contributed by atoms with E-state index in [9.17, 15) is 9.18 Å². The molecule has 23 heavy (non-hydrogen) atoms. The molecule has 2 rings (SSSR count). The summed E-state index contributed by atoms with van der Waals surface area (Å²) in [4.78, 5) is 13.8. The second-order valence-corrected chi connectivity index (χ2v) is 5.40. The topological polar surface area (TPSA) is 41.6 Å². The number of nitrogens with zero attached hydrogens (tertiary/aromatic N) is 1. The SMILES string of the molecule is COc1ccccc1CN(C)C(=O)CNc1ccc(C)cc1F. The van der Waals surface area contributed by atoms with Crippen LogP contribution in [0.4, 0.5) is 10.1 Å². The maximum Gasteiger partial charge on any atom is 0.241 e. The van der Waals surface area contributed by atoms with Crippen LogP contribution in [-0.4, -0.2) is 31.5 Å². The van der Waals surface area contributed by atoms with Crippen LogP contribution in [0.5, 0.6) is 5.75 Å². The van der Waals surface area contributed by atoms with Crippen molar-refractivity contribution in [3.8, 4) is 5.75 Å². The minimum Gasteiger partial charge on any atom is -0.496 e. The number of carbonyl (C=O) groups excluding carboxylic acids is 1. The molecule has 0 radical (unpaired) electrons. The molecule has 0 spiro atoms. The van der Waals surface area contributed by atoms with E-state index in [0.717, 1.165) is 16.9 Å². The van der Waals surface area contributed by atoms with E-state index >= 15 is 0 Å². The molecule has 5 heteroatoms. The fourth-order valence-electron chi connectivity index (χ4n) is 2.25. The fraction of sp³-hybridized carbons (Fsp3) is 0.278. The third-order valence-corrected chi connectivity index (χ3v) is 3.58. The number of methoxy groups -OCH3 is 1.